The van der Waals surface area contributed by atoms with Crippen LogP contribution in [0.3, 0.4) is 0 Å². The number of rotatable bonds is 5. The minimum atomic E-state index is 0. The van der Waals surface area contributed by atoms with Crippen LogP contribution in [0.4, 0.5) is 0 Å². The Morgan fingerprint density at radius 2 is 2.27 bits per heavy atom. The van der Waals surface area contributed by atoms with Gasteiger partial charge in [-0.1, -0.05) is 24.2 Å². The van der Waals surface area contributed by atoms with Crippen molar-refractivity contribution in [2.45, 2.75) is 32.2 Å². The van der Waals surface area contributed by atoms with Crippen molar-refractivity contribution in [3.8, 4) is 0 Å². The van der Waals surface area contributed by atoms with Gasteiger partial charge in [0.05, 0.1) is 6.42 Å². The number of aromatic nitrogens is 1. The molecule has 1 aliphatic heterocycles. The molecule has 0 radical (unpaired) electrons. The maximum Gasteiger partial charge on any atom is 0.229 e. The third kappa shape index (κ3) is 3.42. The molecule has 1 saturated heterocycles. The molecule has 1 amide bonds. The van der Waals surface area contributed by atoms with Gasteiger partial charge < -0.3 is 14.7 Å². The average Bonchev–Trinajstić information content (AvgIpc) is 3.15. The fraction of sp³-hybridized carbons (Fsp3) is 0.500. The smallest absolute Gasteiger partial charge is 0.229 e. The Hall–Kier alpha value is -1.59. The molecule has 3 rings (SSSR count). The van der Waals surface area contributed by atoms with E-state index in [0.717, 1.165) is 49.1 Å². The summed E-state index contributed by atoms with van der Waals surface area (Å²) in [5, 5.41) is 8.33. The number of nitrogens with one attached hydrogen (secondary N) is 1. The standard InChI is InChI=1S/C16H21N3O2.ClH/c1-2-9-19(12-7-8-17-11-12)16(20)10-14-13-5-3-4-6-15(13)21-18-14;/h3-6,12,17H,2,7-11H2,1H3;1H. The zero-order valence-electron chi connectivity index (χ0n) is 12.7. The van der Waals surface area contributed by atoms with Gasteiger partial charge in [0.15, 0.2) is 5.58 Å². The van der Waals surface area contributed by atoms with Crippen molar-refractivity contribution < 1.29 is 9.32 Å². The lowest BCUT2D eigenvalue weighted by molar-refractivity contribution is -0.132. The molecule has 0 saturated carbocycles. The van der Waals surface area contributed by atoms with Crippen molar-refractivity contribution in [2.75, 3.05) is 19.6 Å². The van der Waals surface area contributed by atoms with E-state index < -0.39 is 0 Å². The Morgan fingerprint density at radius 1 is 1.45 bits per heavy atom. The summed E-state index contributed by atoms with van der Waals surface area (Å²) in [6.07, 6.45) is 2.32. The van der Waals surface area contributed by atoms with E-state index in [1.54, 1.807) is 0 Å². The first kappa shape index (κ1) is 16.8. The van der Waals surface area contributed by atoms with Crippen molar-refractivity contribution in [1.29, 1.82) is 0 Å². The van der Waals surface area contributed by atoms with Gasteiger partial charge in [0.2, 0.25) is 5.91 Å². The van der Waals surface area contributed by atoms with Crippen molar-refractivity contribution in [3.05, 3.63) is 30.0 Å². The first-order valence-electron chi connectivity index (χ1n) is 7.63. The molecular formula is C16H22ClN3O2. The summed E-state index contributed by atoms with van der Waals surface area (Å²) in [6, 6.07) is 8.00. The zero-order valence-corrected chi connectivity index (χ0v) is 13.6. The molecule has 0 aliphatic carbocycles. The highest BCUT2D eigenvalue weighted by atomic mass is 35.5. The Bertz CT molecular complexity index is 623. The van der Waals surface area contributed by atoms with Gasteiger partial charge in [0, 0.05) is 24.5 Å². The van der Waals surface area contributed by atoms with E-state index >= 15 is 0 Å². The van der Waals surface area contributed by atoms with Crippen LogP contribution in [-0.2, 0) is 11.2 Å². The van der Waals surface area contributed by atoms with Crippen LogP contribution >= 0.6 is 12.4 Å². The summed E-state index contributed by atoms with van der Waals surface area (Å²) >= 11 is 0. The van der Waals surface area contributed by atoms with E-state index in [9.17, 15) is 4.79 Å². The number of para-hydroxylation sites is 1. The van der Waals surface area contributed by atoms with Crippen LogP contribution in [0.2, 0.25) is 0 Å². The number of carbonyl (C=O) groups is 1. The summed E-state index contributed by atoms with van der Waals surface area (Å²) in [4.78, 5) is 14.7. The molecule has 1 aliphatic rings. The predicted molar refractivity (Wildman–Crippen MR) is 88.2 cm³/mol. The van der Waals surface area contributed by atoms with Gasteiger partial charge in [-0.05, 0) is 31.5 Å². The molecule has 0 bridgehead atoms. The summed E-state index contributed by atoms with van der Waals surface area (Å²) in [5.41, 5.74) is 1.48. The molecule has 1 atom stereocenters. The lowest BCUT2D eigenvalue weighted by Gasteiger charge is -2.28. The number of nitrogens with zero attached hydrogens (tertiary/aromatic N) is 2. The Morgan fingerprint density at radius 3 is 3.00 bits per heavy atom. The number of benzene rings is 1. The quantitative estimate of drug-likeness (QED) is 0.918. The van der Waals surface area contributed by atoms with Gasteiger partial charge in [-0.3, -0.25) is 4.79 Å². The molecule has 2 heterocycles. The van der Waals surface area contributed by atoms with E-state index in [1.165, 1.54) is 0 Å². The van der Waals surface area contributed by atoms with Crippen LogP contribution in [0.25, 0.3) is 11.0 Å². The van der Waals surface area contributed by atoms with Crippen LogP contribution in [0.15, 0.2) is 28.8 Å². The third-order valence-corrected chi connectivity index (χ3v) is 4.03. The Balaban J connectivity index is 0.00000176. The number of amides is 1. The summed E-state index contributed by atoms with van der Waals surface area (Å²) < 4.78 is 5.28. The number of carbonyl (C=O) groups excluding carboxylic acids is 1. The number of hydrogen-bond donors (Lipinski definition) is 1. The first-order chi connectivity index (χ1) is 10.3. The third-order valence-electron chi connectivity index (χ3n) is 4.03. The van der Waals surface area contributed by atoms with Crippen molar-refractivity contribution in [1.82, 2.24) is 15.4 Å². The molecule has 120 valence electrons. The van der Waals surface area contributed by atoms with Gasteiger partial charge >= 0.3 is 0 Å². The minimum absolute atomic E-state index is 0. The SMILES string of the molecule is CCCN(C(=O)Cc1noc2ccccc12)C1CCNC1.Cl. The van der Waals surface area contributed by atoms with Gasteiger partial charge in [0.25, 0.3) is 0 Å². The second-order valence-electron chi connectivity index (χ2n) is 5.54. The highest BCUT2D eigenvalue weighted by Gasteiger charge is 2.26. The second-order valence-corrected chi connectivity index (χ2v) is 5.54. The van der Waals surface area contributed by atoms with Crippen LogP contribution in [0.5, 0.6) is 0 Å². The molecular weight excluding hydrogens is 302 g/mol. The first-order valence-corrected chi connectivity index (χ1v) is 7.63. The molecule has 1 aromatic heterocycles. The van der Waals surface area contributed by atoms with Crippen LogP contribution in [0.1, 0.15) is 25.5 Å². The number of hydrogen-bond acceptors (Lipinski definition) is 4. The summed E-state index contributed by atoms with van der Waals surface area (Å²) in [6.45, 7) is 4.80. The van der Waals surface area contributed by atoms with E-state index in [-0.39, 0.29) is 18.3 Å². The molecule has 1 aromatic carbocycles. The molecule has 1 unspecified atom stereocenters. The largest absolute Gasteiger partial charge is 0.356 e. The van der Waals surface area contributed by atoms with Crippen molar-refractivity contribution in [2.24, 2.45) is 0 Å². The normalized spacial score (nSPS) is 17.4. The number of halogens is 1. The fourth-order valence-electron chi connectivity index (χ4n) is 2.97. The summed E-state index contributed by atoms with van der Waals surface area (Å²) in [7, 11) is 0. The molecule has 0 spiro atoms. The topological polar surface area (TPSA) is 58.4 Å². The van der Waals surface area contributed by atoms with E-state index in [0.29, 0.717) is 12.5 Å². The molecule has 1 N–H and O–H groups in total. The maximum atomic E-state index is 12.6. The van der Waals surface area contributed by atoms with Crippen molar-refractivity contribution in [3.63, 3.8) is 0 Å². The zero-order chi connectivity index (χ0) is 14.7. The van der Waals surface area contributed by atoms with Crippen LogP contribution < -0.4 is 5.32 Å². The lowest BCUT2D eigenvalue weighted by atomic mass is 10.1. The monoisotopic (exact) mass is 323 g/mol. The molecule has 2 aromatic rings. The summed E-state index contributed by atoms with van der Waals surface area (Å²) in [5.74, 6) is 0.143. The molecule has 22 heavy (non-hydrogen) atoms. The lowest BCUT2D eigenvalue weighted by Crippen LogP contribution is -2.42. The van der Waals surface area contributed by atoms with Gasteiger partial charge in [-0.2, -0.15) is 0 Å². The van der Waals surface area contributed by atoms with E-state index in [1.807, 2.05) is 29.2 Å². The highest BCUT2D eigenvalue weighted by molar-refractivity contribution is 5.86. The Labute approximate surface area is 136 Å². The molecule has 1 fully saturated rings. The van der Waals surface area contributed by atoms with Crippen molar-refractivity contribution >= 4 is 29.3 Å². The average molecular weight is 324 g/mol. The van der Waals surface area contributed by atoms with Crippen LogP contribution in [0, 0.1) is 0 Å². The van der Waals surface area contributed by atoms with Gasteiger partial charge in [-0.25, -0.2) is 0 Å². The highest BCUT2D eigenvalue weighted by Crippen LogP contribution is 2.19. The predicted octanol–water partition coefficient (Wildman–Crippen LogP) is 2.39. The van der Waals surface area contributed by atoms with Gasteiger partial charge in [0.1, 0.15) is 5.69 Å². The molecule has 6 heteroatoms. The van der Waals surface area contributed by atoms with Crippen LogP contribution in [-0.4, -0.2) is 41.6 Å². The Kier molecular flexibility index (Phi) is 5.80. The van der Waals surface area contributed by atoms with E-state index in [2.05, 4.69) is 17.4 Å². The molecule has 5 nitrogen and oxygen atoms in total. The fourth-order valence-corrected chi connectivity index (χ4v) is 2.97. The second kappa shape index (κ2) is 7.61. The van der Waals surface area contributed by atoms with Gasteiger partial charge in [-0.15, -0.1) is 12.4 Å². The van der Waals surface area contributed by atoms with E-state index in [4.69, 9.17) is 4.52 Å². The minimum Gasteiger partial charge on any atom is -0.356 e. The maximum absolute atomic E-state index is 12.6. The number of fused-ring (bicyclic) bond motifs is 1.